The highest BCUT2D eigenvalue weighted by Gasteiger charge is 2.36. The highest BCUT2D eigenvalue weighted by molar-refractivity contribution is 8.13. The van der Waals surface area contributed by atoms with E-state index < -0.39 is 35.5 Å². The number of rotatable bonds is 11. The fourth-order valence-corrected chi connectivity index (χ4v) is 3.49. The lowest BCUT2D eigenvalue weighted by atomic mass is 10.1. The van der Waals surface area contributed by atoms with Crippen molar-refractivity contribution in [2.75, 3.05) is 25.5 Å². The van der Waals surface area contributed by atoms with Crippen LogP contribution in [0, 0.1) is 5.92 Å². The van der Waals surface area contributed by atoms with Crippen molar-refractivity contribution in [1.82, 2.24) is 15.6 Å². The average Bonchev–Trinajstić information content (AvgIpc) is 3.14. The Bertz CT molecular complexity index is 590. The van der Waals surface area contributed by atoms with Gasteiger partial charge in [0.25, 0.3) is 0 Å². The summed E-state index contributed by atoms with van der Waals surface area (Å²) in [5.41, 5.74) is 0. The average molecular weight is 437 g/mol. The summed E-state index contributed by atoms with van der Waals surface area (Å²) in [5, 5.41) is 27.4. The Balaban J connectivity index is 2.31. The van der Waals surface area contributed by atoms with Gasteiger partial charge in [-0.05, 0) is 19.8 Å². The first kappa shape index (κ1) is 25.1. The molecule has 4 N–H and O–H groups in total. The molecule has 0 aromatic carbocycles. The van der Waals surface area contributed by atoms with Crippen molar-refractivity contribution < 1.29 is 44.3 Å². The lowest BCUT2D eigenvalue weighted by molar-refractivity contribution is -0.492. The quantitative estimate of drug-likeness (QED) is 0.262. The fraction of sp³-hybridized carbons (Fsp3) is 0.750. The number of nitrogens with one attached hydrogen (secondary N) is 1. The highest BCUT2D eigenvalue weighted by Crippen LogP contribution is 2.22. The number of carboxylic acids is 1. The summed E-state index contributed by atoms with van der Waals surface area (Å²) in [5.74, 6) is -1.71. The lowest BCUT2D eigenvalue weighted by Crippen LogP contribution is -2.43. The predicted molar refractivity (Wildman–Crippen MR) is 98.9 cm³/mol. The maximum absolute atomic E-state index is 12.4. The Morgan fingerprint density at radius 2 is 1.93 bits per heavy atom. The number of aliphatic carboxylic acids is 1. The number of alkyl carbamates (subject to hydrolysis) is 1. The van der Waals surface area contributed by atoms with E-state index >= 15 is 0 Å². The Morgan fingerprint density at radius 1 is 1.24 bits per heavy atom. The molecule has 12 nitrogen and oxygen atoms in total. The normalized spacial score (nSPS) is 18.4. The van der Waals surface area contributed by atoms with Crippen LogP contribution in [-0.2, 0) is 24.0 Å². The molecule has 3 atom stereocenters. The number of thioether (sulfide) groups is 1. The second kappa shape index (κ2) is 12.6. The molecular weight excluding hydrogens is 410 g/mol. The molecule has 1 saturated heterocycles. The molecular formula is C16H27N3O9S. The Hall–Kier alpha value is -1.93. The Morgan fingerprint density at radius 3 is 2.55 bits per heavy atom. The van der Waals surface area contributed by atoms with Gasteiger partial charge in [-0.2, -0.15) is 0 Å². The van der Waals surface area contributed by atoms with Crippen LogP contribution in [0.25, 0.3) is 0 Å². The first-order valence-electron chi connectivity index (χ1n) is 9.07. The lowest BCUT2D eigenvalue weighted by Gasteiger charge is -2.24. The number of ether oxygens (including phenoxy) is 1. The van der Waals surface area contributed by atoms with Gasteiger partial charge in [-0.1, -0.05) is 18.7 Å². The first-order valence-corrected chi connectivity index (χ1v) is 10.1. The molecule has 1 heterocycles. The van der Waals surface area contributed by atoms with Gasteiger partial charge in [0, 0.05) is 24.6 Å². The molecule has 2 amide bonds. The minimum atomic E-state index is -1.03. The monoisotopic (exact) mass is 437 g/mol. The van der Waals surface area contributed by atoms with Gasteiger partial charge in [0.15, 0.2) is 0 Å². The zero-order valence-electron chi connectivity index (χ0n) is 16.3. The molecule has 1 rings (SSSR count). The molecule has 0 saturated carbocycles. The molecule has 29 heavy (non-hydrogen) atoms. The van der Waals surface area contributed by atoms with E-state index in [0.717, 1.165) is 11.8 Å². The minimum absolute atomic E-state index is 0.0557. The number of likely N-dealkylation sites (tertiary alicyclic amines) is 1. The van der Waals surface area contributed by atoms with Gasteiger partial charge in [0.1, 0.15) is 6.04 Å². The van der Waals surface area contributed by atoms with Crippen LogP contribution in [0.15, 0.2) is 0 Å². The van der Waals surface area contributed by atoms with Gasteiger partial charge < -0.3 is 20.1 Å². The van der Waals surface area contributed by atoms with Crippen molar-refractivity contribution in [2.45, 2.75) is 45.2 Å². The summed E-state index contributed by atoms with van der Waals surface area (Å²) < 4.78 is 4.82. The number of carboxylic acid groups (broad SMARTS) is 1. The summed E-state index contributed by atoms with van der Waals surface area (Å²) >= 11 is 0.881. The van der Waals surface area contributed by atoms with E-state index in [1.165, 1.54) is 11.8 Å². The third-order valence-electron chi connectivity index (χ3n) is 4.13. The second-order valence-electron chi connectivity index (χ2n) is 6.50. The van der Waals surface area contributed by atoms with Crippen LogP contribution in [0.4, 0.5) is 4.79 Å². The van der Waals surface area contributed by atoms with E-state index in [-0.39, 0.29) is 36.4 Å². The third-order valence-corrected chi connectivity index (χ3v) is 5.44. The summed E-state index contributed by atoms with van der Waals surface area (Å²) in [6.45, 7) is 3.36. The second-order valence-corrected chi connectivity index (χ2v) is 7.52. The van der Waals surface area contributed by atoms with Crippen molar-refractivity contribution >= 4 is 34.8 Å². The summed E-state index contributed by atoms with van der Waals surface area (Å²) in [7, 11) is 0. The van der Waals surface area contributed by atoms with Crippen LogP contribution in [-0.4, -0.2) is 86.5 Å². The van der Waals surface area contributed by atoms with Crippen molar-refractivity contribution in [3.63, 3.8) is 0 Å². The molecule has 0 aromatic rings. The van der Waals surface area contributed by atoms with Gasteiger partial charge in [0.2, 0.25) is 11.0 Å². The molecule has 166 valence electrons. The Labute approximate surface area is 172 Å². The number of nitrogens with zero attached hydrogens (tertiary/aromatic N) is 2. The molecule has 0 spiro atoms. The van der Waals surface area contributed by atoms with Gasteiger partial charge >= 0.3 is 12.1 Å². The van der Waals surface area contributed by atoms with Crippen molar-refractivity contribution in [2.24, 2.45) is 5.92 Å². The predicted octanol–water partition coefficient (Wildman–Crippen LogP) is 0.475. The molecule has 1 fully saturated rings. The van der Waals surface area contributed by atoms with Gasteiger partial charge in [0.05, 0.1) is 24.6 Å². The maximum atomic E-state index is 12.4. The fourth-order valence-electron chi connectivity index (χ4n) is 2.62. The van der Waals surface area contributed by atoms with Crippen LogP contribution in [0.1, 0.15) is 33.1 Å². The van der Waals surface area contributed by atoms with Crippen molar-refractivity contribution in [1.29, 1.82) is 0 Å². The van der Waals surface area contributed by atoms with Crippen molar-refractivity contribution in [3.05, 3.63) is 0 Å². The van der Waals surface area contributed by atoms with E-state index in [0.29, 0.717) is 19.4 Å². The van der Waals surface area contributed by atoms with Crippen LogP contribution < -0.4 is 5.32 Å². The molecule has 0 radical (unpaired) electrons. The van der Waals surface area contributed by atoms with Crippen LogP contribution in [0.5, 0.6) is 0 Å². The topological polar surface area (TPSA) is 166 Å². The molecule has 13 heteroatoms. The molecule has 0 aliphatic carbocycles. The maximum Gasteiger partial charge on any atom is 0.407 e. The van der Waals surface area contributed by atoms with E-state index in [9.17, 15) is 19.2 Å². The molecule has 0 aromatic heterocycles. The zero-order chi connectivity index (χ0) is 22.0. The number of hydrogen-bond donors (Lipinski definition) is 4. The Kier molecular flexibility index (Phi) is 10.9. The first-order chi connectivity index (χ1) is 13.6. The van der Waals surface area contributed by atoms with Crippen LogP contribution in [0.3, 0.4) is 0 Å². The standard InChI is InChI=1S/C16H27N3O9S/c1-10(13(20)18-6-3-5-12(18)14(21)22)9-29-15(23)11(2)17-16(24)27-7-4-8-28-19(25)26/h10-12,25-26H,3-9H2,1-2H3,(H,17,24)(H,21,22)/t10-,11?,12+/m1/s1. The van der Waals surface area contributed by atoms with E-state index in [1.807, 2.05) is 0 Å². The van der Waals surface area contributed by atoms with E-state index in [1.54, 1.807) is 6.92 Å². The zero-order valence-corrected chi connectivity index (χ0v) is 17.1. The molecule has 0 bridgehead atoms. The van der Waals surface area contributed by atoms with E-state index in [2.05, 4.69) is 10.2 Å². The van der Waals surface area contributed by atoms with Crippen LogP contribution >= 0.6 is 11.8 Å². The summed E-state index contributed by atoms with van der Waals surface area (Å²) in [6, 6.07) is -1.67. The highest BCUT2D eigenvalue weighted by atomic mass is 32.2. The summed E-state index contributed by atoms with van der Waals surface area (Å²) in [4.78, 5) is 53.0. The SMILES string of the molecule is CC(NC(=O)OCCCON(O)O)C(=O)SC[C@@H](C)C(=O)N1CCC[C@H]1C(=O)O. The number of carbonyl (C=O) groups excluding carboxylic acids is 3. The largest absolute Gasteiger partial charge is 0.480 e. The number of hydrogen-bond acceptors (Lipinski definition) is 10. The summed E-state index contributed by atoms with van der Waals surface area (Å²) in [6.07, 6.45) is 0.444. The van der Waals surface area contributed by atoms with E-state index in [4.69, 9.17) is 20.3 Å². The molecule has 1 aliphatic heterocycles. The smallest absolute Gasteiger partial charge is 0.407 e. The minimum Gasteiger partial charge on any atom is -0.480 e. The number of amides is 2. The number of carbonyl (C=O) groups is 4. The van der Waals surface area contributed by atoms with Gasteiger partial charge in [-0.3, -0.25) is 24.8 Å². The molecule has 1 aliphatic rings. The van der Waals surface area contributed by atoms with Gasteiger partial charge in [-0.25, -0.2) is 9.59 Å². The third kappa shape index (κ3) is 8.95. The van der Waals surface area contributed by atoms with Crippen molar-refractivity contribution in [3.8, 4) is 0 Å². The van der Waals surface area contributed by atoms with Crippen LogP contribution in [0.2, 0.25) is 0 Å². The molecule has 1 unspecified atom stereocenters. The van der Waals surface area contributed by atoms with Gasteiger partial charge in [-0.15, -0.1) is 0 Å².